The largest absolute Gasteiger partial charge is 0.462 e. The highest BCUT2D eigenvalue weighted by Gasteiger charge is 2.37. The monoisotopic (exact) mass is 373 g/mol. The van der Waals surface area contributed by atoms with Crippen molar-refractivity contribution in [2.24, 2.45) is 0 Å². The van der Waals surface area contributed by atoms with Gasteiger partial charge in [0.25, 0.3) is 11.8 Å². The first-order valence-electron chi connectivity index (χ1n) is 9.29. The number of esters is 1. The van der Waals surface area contributed by atoms with Crippen molar-refractivity contribution in [3.63, 3.8) is 0 Å². The second kappa shape index (κ2) is 7.27. The zero-order valence-electron chi connectivity index (χ0n) is 15.5. The number of imide groups is 1. The van der Waals surface area contributed by atoms with E-state index in [1.54, 1.807) is 6.07 Å². The van der Waals surface area contributed by atoms with Crippen molar-refractivity contribution in [3.8, 4) is 0 Å². The van der Waals surface area contributed by atoms with Gasteiger partial charge >= 0.3 is 5.97 Å². The zero-order valence-corrected chi connectivity index (χ0v) is 15.5. The van der Waals surface area contributed by atoms with E-state index in [9.17, 15) is 14.4 Å². The lowest BCUT2D eigenvalue weighted by molar-refractivity contribution is 0.0499. The van der Waals surface area contributed by atoms with Crippen LogP contribution >= 0.6 is 0 Å². The number of hydrogen-bond donors (Lipinski definition) is 0. The Bertz CT molecular complexity index is 1100. The first-order valence-corrected chi connectivity index (χ1v) is 9.29. The summed E-state index contributed by atoms with van der Waals surface area (Å²) in [5, 5.41) is 1.76. The van der Waals surface area contributed by atoms with E-state index in [2.05, 4.69) is 0 Å². The molecule has 3 aromatic carbocycles. The van der Waals surface area contributed by atoms with E-state index in [1.165, 1.54) is 23.1 Å². The molecule has 1 heterocycles. The maximum atomic E-state index is 13.0. The minimum atomic E-state index is -0.486. The third-order valence-electron chi connectivity index (χ3n) is 4.86. The van der Waals surface area contributed by atoms with Crippen molar-refractivity contribution in [2.45, 2.75) is 19.8 Å². The van der Waals surface area contributed by atoms with Crippen LogP contribution in [0.3, 0.4) is 0 Å². The molecule has 0 bridgehead atoms. The summed E-state index contributed by atoms with van der Waals surface area (Å²) in [5.74, 6) is -1.30. The molecular formula is C23H19NO4. The molecule has 3 aromatic rings. The number of hydrogen-bond acceptors (Lipinski definition) is 4. The molecule has 0 N–H and O–H groups in total. The number of ether oxygens (including phenoxy) is 1. The lowest BCUT2D eigenvalue weighted by Gasteiger charge is -2.16. The third-order valence-corrected chi connectivity index (χ3v) is 4.86. The molecule has 0 saturated carbocycles. The van der Waals surface area contributed by atoms with Gasteiger partial charge in [0.2, 0.25) is 0 Å². The molecule has 5 nitrogen and oxygen atoms in total. The van der Waals surface area contributed by atoms with E-state index in [1.807, 2.05) is 43.3 Å². The van der Waals surface area contributed by atoms with Crippen molar-refractivity contribution in [1.29, 1.82) is 0 Å². The molecular weight excluding hydrogens is 354 g/mol. The Kier molecular flexibility index (Phi) is 4.65. The average molecular weight is 373 g/mol. The molecule has 1 aliphatic rings. The lowest BCUT2D eigenvalue weighted by Crippen LogP contribution is -2.29. The van der Waals surface area contributed by atoms with Crippen molar-refractivity contribution in [2.75, 3.05) is 11.5 Å². The molecule has 0 aromatic heterocycles. The molecule has 0 radical (unpaired) electrons. The lowest BCUT2D eigenvalue weighted by atomic mass is 10.1. The maximum Gasteiger partial charge on any atom is 0.338 e. The number of rotatable bonds is 5. The number of carbonyl (C=O) groups is 3. The van der Waals surface area contributed by atoms with Gasteiger partial charge in [0.1, 0.15) is 0 Å². The van der Waals surface area contributed by atoms with Crippen LogP contribution in [0.15, 0.2) is 60.7 Å². The fourth-order valence-electron chi connectivity index (χ4n) is 3.38. The molecule has 5 heteroatoms. The summed E-state index contributed by atoms with van der Waals surface area (Å²) in [5.41, 5.74) is 1.33. The van der Waals surface area contributed by atoms with Crippen LogP contribution in [0.4, 0.5) is 5.69 Å². The molecule has 2 amide bonds. The van der Waals surface area contributed by atoms with Crippen LogP contribution in [0.1, 0.15) is 50.8 Å². The second-order valence-electron chi connectivity index (χ2n) is 6.69. The van der Waals surface area contributed by atoms with Crippen molar-refractivity contribution in [1.82, 2.24) is 0 Å². The van der Waals surface area contributed by atoms with E-state index in [0.29, 0.717) is 17.9 Å². The van der Waals surface area contributed by atoms with E-state index >= 15 is 0 Å². The van der Waals surface area contributed by atoms with Gasteiger partial charge < -0.3 is 4.74 Å². The van der Waals surface area contributed by atoms with Gasteiger partial charge in [0.05, 0.1) is 29.0 Å². The third kappa shape index (κ3) is 2.95. The smallest absolute Gasteiger partial charge is 0.338 e. The fourth-order valence-corrected chi connectivity index (χ4v) is 3.38. The van der Waals surface area contributed by atoms with Crippen molar-refractivity contribution < 1.29 is 19.1 Å². The number of fused-ring (bicyclic) bond motifs is 2. The van der Waals surface area contributed by atoms with E-state index in [-0.39, 0.29) is 17.0 Å². The highest BCUT2D eigenvalue weighted by Crippen LogP contribution is 2.34. The summed E-state index contributed by atoms with van der Waals surface area (Å²) < 4.78 is 5.21. The standard InChI is InChI=1S/C23H19NO4/c1-2-3-13-28-23(27)16-11-12-18-19(14-16)22(26)24(21(18)25)20-10-6-8-15-7-4-5-9-17(15)20/h4-12,14H,2-3,13H2,1H3. The molecule has 0 atom stereocenters. The van der Waals surface area contributed by atoms with E-state index < -0.39 is 11.9 Å². The molecule has 140 valence electrons. The first-order chi connectivity index (χ1) is 13.6. The Morgan fingerprint density at radius 2 is 1.68 bits per heavy atom. The number of amides is 2. The van der Waals surface area contributed by atoms with Crippen LogP contribution in [0.5, 0.6) is 0 Å². The molecule has 0 spiro atoms. The van der Waals surface area contributed by atoms with Gasteiger partial charge in [-0.3, -0.25) is 9.59 Å². The normalized spacial score (nSPS) is 13.1. The summed E-state index contributed by atoms with van der Waals surface area (Å²) in [6, 6.07) is 17.6. The van der Waals surface area contributed by atoms with Gasteiger partial charge in [-0.15, -0.1) is 0 Å². The number of anilines is 1. The number of benzene rings is 3. The second-order valence-corrected chi connectivity index (χ2v) is 6.69. The van der Waals surface area contributed by atoms with Crippen LogP contribution in [0.25, 0.3) is 10.8 Å². The van der Waals surface area contributed by atoms with Crippen LogP contribution in [-0.4, -0.2) is 24.4 Å². The SMILES string of the molecule is CCCCOC(=O)c1ccc2c(c1)C(=O)N(c1cccc3ccccc13)C2=O. The minimum Gasteiger partial charge on any atom is -0.462 e. The fraction of sp³-hybridized carbons (Fsp3) is 0.174. The van der Waals surface area contributed by atoms with Gasteiger partial charge in [0.15, 0.2) is 0 Å². The van der Waals surface area contributed by atoms with Crippen molar-refractivity contribution >= 4 is 34.2 Å². The molecule has 4 rings (SSSR count). The van der Waals surface area contributed by atoms with Crippen molar-refractivity contribution in [3.05, 3.63) is 77.4 Å². The number of nitrogens with zero attached hydrogens (tertiary/aromatic N) is 1. The summed E-state index contributed by atoms with van der Waals surface area (Å²) in [4.78, 5) is 39.4. The van der Waals surface area contributed by atoms with Crippen LogP contribution in [-0.2, 0) is 4.74 Å². The number of carbonyl (C=O) groups excluding carboxylic acids is 3. The molecule has 1 aliphatic heterocycles. The van der Waals surface area contributed by atoms with Crippen LogP contribution < -0.4 is 4.90 Å². The predicted octanol–water partition coefficient (Wildman–Crippen LogP) is 4.60. The molecule has 28 heavy (non-hydrogen) atoms. The van der Waals surface area contributed by atoms with E-state index in [0.717, 1.165) is 23.6 Å². The molecule has 0 fully saturated rings. The zero-order chi connectivity index (χ0) is 19.7. The summed E-state index contributed by atoms with van der Waals surface area (Å²) in [6.45, 7) is 2.34. The van der Waals surface area contributed by atoms with Gasteiger partial charge in [0, 0.05) is 5.39 Å². The molecule has 0 unspecified atom stereocenters. The van der Waals surface area contributed by atoms with Gasteiger partial charge in [-0.1, -0.05) is 49.7 Å². The molecule has 0 aliphatic carbocycles. The Morgan fingerprint density at radius 3 is 2.50 bits per heavy atom. The number of unbranched alkanes of at least 4 members (excludes halogenated alkanes) is 1. The summed E-state index contributed by atoms with van der Waals surface area (Å²) >= 11 is 0. The minimum absolute atomic E-state index is 0.225. The molecule has 0 saturated heterocycles. The highest BCUT2D eigenvalue weighted by molar-refractivity contribution is 6.36. The Balaban J connectivity index is 1.70. The van der Waals surface area contributed by atoms with Gasteiger partial charge in [-0.25, -0.2) is 9.69 Å². The van der Waals surface area contributed by atoms with E-state index in [4.69, 9.17) is 4.74 Å². The average Bonchev–Trinajstić information content (AvgIpc) is 2.97. The first kappa shape index (κ1) is 17.9. The quantitative estimate of drug-likeness (QED) is 0.373. The van der Waals surface area contributed by atoms with Gasteiger partial charge in [-0.05, 0) is 36.1 Å². The Labute approximate surface area is 162 Å². The highest BCUT2D eigenvalue weighted by atomic mass is 16.5. The Morgan fingerprint density at radius 1 is 0.929 bits per heavy atom. The van der Waals surface area contributed by atoms with Crippen LogP contribution in [0, 0.1) is 0 Å². The topological polar surface area (TPSA) is 63.7 Å². The van der Waals surface area contributed by atoms with Crippen LogP contribution in [0.2, 0.25) is 0 Å². The summed E-state index contributed by atoms with van der Waals surface area (Å²) in [6.07, 6.45) is 1.70. The predicted molar refractivity (Wildman–Crippen MR) is 107 cm³/mol. The summed E-state index contributed by atoms with van der Waals surface area (Å²) in [7, 11) is 0. The maximum absolute atomic E-state index is 13.0. The Hall–Kier alpha value is -3.47. The van der Waals surface area contributed by atoms with Gasteiger partial charge in [-0.2, -0.15) is 0 Å².